The number of carbonyl (C=O) groups is 2. The van der Waals surface area contributed by atoms with Gasteiger partial charge in [-0.15, -0.1) is 0 Å². The van der Waals surface area contributed by atoms with Gasteiger partial charge in [0.05, 0.1) is 10.7 Å². The van der Waals surface area contributed by atoms with Gasteiger partial charge in [-0.05, 0) is 24.1 Å². The first-order valence-corrected chi connectivity index (χ1v) is 6.88. The van der Waals surface area contributed by atoms with Crippen LogP contribution in [0.5, 0.6) is 0 Å². The molecule has 20 heavy (non-hydrogen) atoms. The largest absolute Gasteiger partial charge is 0.398 e. The number of benzene rings is 1. The Labute approximate surface area is 123 Å². The van der Waals surface area contributed by atoms with E-state index in [1.807, 2.05) is 13.8 Å². The summed E-state index contributed by atoms with van der Waals surface area (Å²) in [6.07, 6.45) is 0.252. The van der Waals surface area contributed by atoms with Crippen molar-refractivity contribution >= 4 is 29.1 Å². The smallest absolute Gasteiger partial charge is 0.251 e. The van der Waals surface area contributed by atoms with Crippen LogP contribution in [0.15, 0.2) is 18.2 Å². The van der Waals surface area contributed by atoms with Crippen LogP contribution in [0.1, 0.15) is 30.6 Å². The van der Waals surface area contributed by atoms with Crippen LogP contribution < -0.4 is 16.4 Å². The highest BCUT2D eigenvalue weighted by atomic mass is 35.5. The van der Waals surface area contributed by atoms with Crippen molar-refractivity contribution in [2.45, 2.75) is 20.3 Å². The van der Waals surface area contributed by atoms with Crippen molar-refractivity contribution in [3.8, 4) is 0 Å². The van der Waals surface area contributed by atoms with Gasteiger partial charge in [0.15, 0.2) is 0 Å². The molecule has 6 heteroatoms. The molecule has 0 bridgehead atoms. The van der Waals surface area contributed by atoms with Gasteiger partial charge in [0, 0.05) is 25.1 Å². The van der Waals surface area contributed by atoms with Crippen LogP contribution >= 0.6 is 11.6 Å². The highest BCUT2D eigenvalue weighted by Gasteiger charge is 2.08. The molecule has 0 aromatic heterocycles. The Bertz CT molecular complexity index is 489. The minimum Gasteiger partial charge on any atom is -0.398 e. The van der Waals surface area contributed by atoms with Gasteiger partial charge in [-0.1, -0.05) is 25.4 Å². The van der Waals surface area contributed by atoms with E-state index in [0.29, 0.717) is 28.7 Å². The molecular weight excluding hydrogens is 278 g/mol. The maximum absolute atomic E-state index is 11.8. The van der Waals surface area contributed by atoms with Crippen LogP contribution in [0.3, 0.4) is 0 Å². The minimum atomic E-state index is -0.273. The van der Waals surface area contributed by atoms with Crippen molar-refractivity contribution in [3.05, 3.63) is 28.8 Å². The Hall–Kier alpha value is -1.75. The van der Waals surface area contributed by atoms with E-state index >= 15 is 0 Å². The van der Waals surface area contributed by atoms with E-state index in [4.69, 9.17) is 17.3 Å². The summed E-state index contributed by atoms with van der Waals surface area (Å²) in [5.41, 5.74) is 6.41. The topological polar surface area (TPSA) is 84.2 Å². The van der Waals surface area contributed by atoms with E-state index in [0.717, 1.165) is 0 Å². The number of anilines is 1. The molecule has 0 unspecified atom stereocenters. The summed E-state index contributed by atoms with van der Waals surface area (Å²) in [5.74, 6) is 0.0604. The SMILES string of the molecule is CC(C)CNC(=O)CCNC(=O)c1ccc(Cl)c(N)c1. The van der Waals surface area contributed by atoms with Crippen molar-refractivity contribution < 1.29 is 9.59 Å². The lowest BCUT2D eigenvalue weighted by molar-refractivity contribution is -0.121. The lowest BCUT2D eigenvalue weighted by Crippen LogP contribution is -2.32. The molecule has 4 N–H and O–H groups in total. The number of hydrogen-bond donors (Lipinski definition) is 3. The number of nitrogen functional groups attached to an aromatic ring is 1. The molecule has 1 aromatic rings. The molecule has 0 saturated heterocycles. The highest BCUT2D eigenvalue weighted by Crippen LogP contribution is 2.19. The van der Waals surface area contributed by atoms with E-state index < -0.39 is 0 Å². The van der Waals surface area contributed by atoms with Crippen LogP contribution in [0.25, 0.3) is 0 Å². The van der Waals surface area contributed by atoms with E-state index in [9.17, 15) is 9.59 Å². The first-order valence-electron chi connectivity index (χ1n) is 6.50. The molecule has 1 rings (SSSR count). The molecule has 5 nitrogen and oxygen atoms in total. The third kappa shape index (κ3) is 5.48. The third-order valence-corrected chi connectivity index (χ3v) is 2.95. The number of halogens is 1. The quantitative estimate of drug-likeness (QED) is 0.700. The Morgan fingerprint density at radius 2 is 2.00 bits per heavy atom. The van der Waals surface area contributed by atoms with E-state index in [2.05, 4.69) is 10.6 Å². The fourth-order valence-corrected chi connectivity index (χ4v) is 1.60. The average Bonchev–Trinajstić information content (AvgIpc) is 2.39. The van der Waals surface area contributed by atoms with Crippen molar-refractivity contribution in [3.63, 3.8) is 0 Å². The third-order valence-electron chi connectivity index (χ3n) is 2.60. The zero-order chi connectivity index (χ0) is 15.1. The second kappa shape index (κ2) is 7.75. The molecule has 0 spiro atoms. The number of rotatable bonds is 6. The summed E-state index contributed by atoms with van der Waals surface area (Å²) >= 11 is 5.78. The number of nitrogens with two attached hydrogens (primary N) is 1. The molecule has 0 saturated carbocycles. The van der Waals surface area contributed by atoms with Crippen molar-refractivity contribution in [1.29, 1.82) is 0 Å². The zero-order valence-electron chi connectivity index (χ0n) is 11.7. The summed E-state index contributed by atoms with van der Waals surface area (Å²) in [4.78, 5) is 23.3. The molecule has 0 aliphatic heterocycles. The maximum atomic E-state index is 11.8. The molecule has 0 fully saturated rings. The van der Waals surface area contributed by atoms with Crippen molar-refractivity contribution in [2.75, 3.05) is 18.8 Å². The standard InChI is InChI=1S/C14H20ClN3O2/c1-9(2)8-18-13(19)5-6-17-14(20)10-3-4-11(15)12(16)7-10/h3-4,7,9H,5-6,8,16H2,1-2H3,(H,17,20)(H,18,19). The average molecular weight is 298 g/mol. The molecule has 0 radical (unpaired) electrons. The summed E-state index contributed by atoms with van der Waals surface area (Å²) in [6.45, 7) is 4.96. The predicted molar refractivity (Wildman–Crippen MR) is 80.7 cm³/mol. The monoisotopic (exact) mass is 297 g/mol. The number of amides is 2. The number of carbonyl (C=O) groups excluding carboxylic acids is 2. The lowest BCUT2D eigenvalue weighted by Gasteiger charge is -2.09. The molecule has 0 atom stereocenters. The second-order valence-electron chi connectivity index (χ2n) is 4.94. The maximum Gasteiger partial charge on any atom is 0.251 e. The zero-order valence-corrected chi connectivity index (χ0v) is 12.5. The molecule has 0 aliphatic carbocycles. The normalized spacial score (nSPS) is 10.4. The number of nitrogens with one attached hydrogen (secondary N) is 2. The van der Waals surface area contributed by atoms with Gasteiger partial charge in [-0.25, -0.2) is 0 Å². The fourth-order valence-electron chi connectivity index (χ4n) is 1.48. The van der Waals surface area contributed by atoms with Crippen LogP contribution in [-0.2, 0) is 4.79 Å². The summed E-state index contributed by atoms with van der Waals surface area (Å²) in [6, 6.07) is 4.67. The van der Waals surface area contributed by atoms with Gasteiger partial charge in [-0.3, -0.25) is 9.59 Å². The molecule has 1 aromatic carbocycles. The first kappa shape index (κ1) is 16.3. The lowest BCUT2D eigenvalue weighted by atomic mass is 10.2. The minimum absolute atomic E-state index is 0.0744. The van der Waals surface area contributed by atoms with Gasteiger partial charge in [0.2, 0.25) is 5.91 Å². The second-order valence-corrected chi connectivity index (χ2v) is 5.35. The van der Waals surface area contributed by atoms with E-state index in [1.54, 1.807) is 12.1 Å². The predicted octanol–water partition coefficient (Wildman–Crippen LogP) is 1.81. The van der Waals surface area contributed by atoms with Gasteiger partial charge < -0.3 is 16.4 Å². The van der Waals surface area contributed by atoms with E-state index in [1.165, 1.54) is 6.07 Å². The first-order chi connectivity index (χ1) is 9.40. The van der Waals surface area contributed by atoms with Gasteiger partial charge in [0.1, 0.15) is 0 Å². The van der Waals surface area contributed by atoms with Crippen LogP contribution in [0.2, 0.25) is 5.02 Å². The van der Waals surface area contributed by atoms with E-state index in [-0.39, 0.29) is 24.8 Å². The van der Waals surface area contributed by atoms with Crippen LogP contribution in [0, 0.1) is 5.92 Å². The molecule has 0 heterocycles. The molecule has 2 amide bonds. The Kier molecular flexibility index (Phi) is 6.31. The Morgan fingerprint density at radius 1 is 1.30 bits per heavy atom. The fraction of sp³-hybridized carbons (Fsp3) is 0.429. The highest BCUT2D eigenvalue weighted by molar-refractivity contribution is 6.33. The molecular formula is C14H20ClN3O2. The van der Waals surface area contributed by atoms with Crippen molar-refractivity contribution in [2.24, 2.45) is 5.92 Å². The summed E-state index contributed by atoms with van der Waals surface area (Å²) < 4.78 is 0. The van der Waals surface area contributed by atoms with Gasteiger partial charge >= 0.3 is 0 Å². The Balaban J connectivity index is 2.36. The van der Waals surface area contributed by atoms with Crippen LogP contribution in [0.4, 0.5) is 5.69 Å². The summed E-state index contributed by atoms with van der Waals surface area (Å²) in [7, 11) is 0. The molecule has 110 valence electrons. The van der Waals surface area contributed by atoms with Gasteiger partial charge in [-0.2, -0.15) is 0 Å². The van der Waals surface area contributed by atoms with Crippen LogP contribution in [-0.4, -0.2) is 24.9 Å². The molecule has 0 aliphatic rings. The summed E-state index contributed by atoms with van der Waals surface area (Å²) in [5, 5.41) is 5.86. The van der Waals surface area contributed by atoms with Crippen molar-refractivity contribution in [1.82, 2.24) is 10.6 Å². The van der Waals surface area contributed by atoms with Gasteiger partial charge in [0.25, 0.3) is 5.91 Å². The number of hydrogen-bond acceptors (Lipinski definition) is 3. The Morgan fingerprint density at radius 3 is 2.60 bits per heavy atom.